The molecule has 1 aromatic rings. The molecule has 0 radical (unpaired) electrons. The van der Waals surface area contributed by atoms with Gasteiger partial charge in [0, 0.05) is 24.8 Å². The third kappa shape index (κ3) is 3.46. The summed E-state index contributed by atoms with van der Waals surface area (Å²) >= 11 is 0. The number of quaternary nitrogens is 1. The number of imide groups is 1. The van der Waals surface area contributed by atoms with Gasteiger partial charge in [0.15, 0.2) is 17.5 Å². The summed E-state index contributed by atoms with van der Waals surface area (Å²) in [5.41, 5.74) is 6.19. The van der Waals surface area contributed by atoms with Gasteiger partial charge < -0.3 is 20.1 Å². The van der Waals surface area contributed by atoms with Gasteiger partial charge in [-0.2, -0.15) is 0 Å². The van der Waals surface area contributed by atoms with Crippen LogP contribution >= 0.6 is 0 Å². The van der Waals surface area contributed by atoms with Gasteiger partial charge >= 0.3 is 6.03 Å². The molecule has 24 heavy (non-hydrogen) atoms. The first-order valence-corrected chi connectivity index (χ1v) is 8.41. The van der Waals surface area contributed by atoms with Gasteiger partial charge in [-0.15, -0.1) is 0 Å². The van der Waals surface area contributed by atoms with Crippen LogP contribution in [0.3, 0.4) is 0 Å². The molecule has 4 N–H and O–H groups in total. The van der Waals surface area contributed by atoms with Crippen LogP contribution in [0, 0.1) is 0 Å². The van der Waals surface area contributed by atoms with Crippen LogP contribution in [0.2, 0.25) is 0 Å². The van der Waals surface area contributed by atoms with Gasteiger partial charge in [0.2, 0.25) is 0 Å². The van der Waals surface area contributed by atoms with Crippen molar-refractivity contribution >= 4 is 11.9 Å². The Morgan fingerprint density at radius 2 is 2.00 bits per heavy atom. The van der Waals surface area contributed by atoms with Crippen molar-refractivity contribution in [3.8, 4) is 11.5 Å². The smallest absolute Gasteiger partial charge is 0.319 e. The number of ether oxygens (including phenoxy) is 2. The van der Waals surface area contributed by atoms with E-state index in [4.69, 9.17) is 15.2 Å². The molecular formula is C17H24N3O4+. The molecular weight excluding hydrogens is 310 g/mol. The van der Waals surface area contributed by atoms with Crippen molar-refractivity contribution in [3.05, 3.63) is 23.8 Å². The van der Waals surface area contributed by atoms with E-state index in [9.17, 15) is 9.59 Å². The number of carbonyl (C=O) groups excluding carboxylic acids is 2. The van der Waals surface area contributed by atoms with E-state index in [1.165, 1.54) is 0 Å². The van der Waals surface area contributed by atoms with Crippen molar-refractivity contribution in [2.75, 3.05) is 19.8 Å². The van der Waals surface area contributed by atoms with E-state index in [0.717, 1.165) is 47.8 Å². The Morgan fingerprint density at radius 3 is 2.75 bits per heavy atom. The van der Waals surface area contributed by atoms with E-state index in [1.807, 2.05) is 25.1 Å². The second-order valence-corrected chi connectivity index (χ2v) is 6.35. The van der Waals surface area contributed by atoms with E-state index in [0.29, 0.717) is 13.2 Å². The van der Waals surface area contributed by atoms with Crippen molar-refractivity contribution in [2.45, 2.75) is 38.3 Å². The normalized spacial score (nSPS) is 24.0. The first kappa shape index (κ1) is 16.6. The van der Waals surface area contributed by atoms with Crippen LogP contribution in [0.1, 0.15) is 37.8 Å². The average molecular weight is 334 g/mol. The van der Waals surface area contributed by atoms with Gasteiger partial charge in [-0.05, 0) is 25.1 Å². The lowest BCUT2D eigenvalue weighted by atomic mass is 10.0. The summed E-state index contributed by atoms with van der Waals surface area (Å²) in [7, 11) is 0. The lowest BCUT2D eigenvalue weighted by Crippen LogP contribution is -3.15. The summed E-state index contributed by atoms with van der Waals surface area (Å²) in [5.74, 6) is 1.21. The molecule has 2 aliphatic heterocycles. The number of fused-ring (bicyclic) bond motifs is 1. The van der Waals surface area contributed by atoms with Gasteiger partial charge in [-0.25, -0.2) is 4.79 Å². The molecule has 3 rings (SSSR count). The van der Waals surface area contributed by atoms with Crippen LogP contribution in [-0.2, 0) is 4.79 Å². The number of hydrogen-bond donors (Lipinski definition) is 3. The van der Waals surface area contributed by atoms with Crippen molar-refractivity contribution in [3.63, 3.8) is 0 Å². The minimum Gasteiger partial charge on any atom is -0.490 e. The molecule has 1 aromatic carbocycles. The predicted molar refractivity (Wildman–Crippen MR) is 87.0 cm³/mol. The summed E-state index contributed by atoms with van der Waals surface area (Å²) in [6.45, 7) is 4.02. The molecule has 1 saturated heterocycles. The Hall–Kier alpha value is -2.28. The Morgan fingerprint density at radius 1 is 1.25 bits per heavy atom. The van der Waals surface area contributed by atoms with E-state index in [2.05, 4.69) is 5.32 Å². The molecule has 7 heteroatoms. The highest BCUT2D eigenvalue weighted by Gasteiger charge is 2.37. The first-order chi connectivity index (χ1) is 11.6. The second-order valence-electron chi connectivity index (χ2n) is 6.35. The van der Waals surface area contributed by atoms with Crippen LogP contribution in [0.15, 0.2) is 18.2 Å². The lowest BCUT2D eigenvalue weighted by molar-refractivity contribution is -0.932. The lowest BCUT2D eigenvalue weighted by Gasteiger charge is -2.27. The molecule has 0 spiro atoms. The molecule has 3 amide bonds. The second kappa shape index (κ2) is 7.09. The number of likely N-dealkylation sites (tertiary alicyclic amines) is 1. The topological polar surface area (TPSA) is 95.1 Å². The quantitative estimate of drug-likeness (QED) is 0.733. The molecule has 0 saturated carbocycles. The number of amides is 3. The molecule has 0 aromatic heterocycles. The van der Waals surface area contributed by atoms with Gasteiger partial charge in [-0.3, -0.25) is 10.1 Å². The van der Waals surface area contributed by atoms with Gasteiger partial charge in [0.1, 0.15) is 6.04 Å². The van der Waals surface area contributed by atoms with Crippen LogP contribution in [0.4, 0.5) is 4.79 Å². The number of nitrogens with one attached hydrogen (secondary N) is 2. The largest absolute Gasteiger partial charge is 0.490 e. The maximum absolute atomic E-state index is 12.1. The van der Waals surface area contributed by atoms with E-state index >= 15 is 0 Å². The molecule has 0 bridgehead atoms. The third-order valence-corrected chi connectivity index (χ3v) is 4.78. The number of rotatable bonds is 3. The summed E-state index contributed by atoms with van der Waals surface area (Å²) in [6.07, 6.45) is 2.89. The summed E-state index contributed by atoms with van der Waals surface area (Å²) in [5, 5.41) is 2.18. The number of benzene rings is 1. The molecule has 3 atom stereocenters. The molecule has 1 unspecified atom stereocenters. The van der Waals surface area contributed by atoms with Crippen molar-refractivity contribution < 1.29 is 24.0 Å². The fourth-order valence-corrected chi connectivity index (χ4v) is 3.56. The van der Waals surface area contributed by atoms with E-state index in [1.54, 1.807) is 0 Å². The molecule has 2 aliphatic rings. The molecule has 1 fully saturated rings. The van der Waals surface area contributed by atoms with Gasteiger partial charge in [0.05, 0.1) is 19.8 Å². The van der Waals surface area contributed by atoms with E-state index < -0.39 is 6.03 Å². The Balaban J connectivity index is 1.79. The molecule has 130 valence electrons. The Labute approximate surface area is 141 Å². The summed E-state index contributed by atoms with van der Waals surface area (Å²) in [6, 6.07) is 5.05. The highest BCUT2D eigenvalue weighted by molar-refractivity contribution is 5.95. The van der Waals surface area contributed by atoms with Crippen molar-refractivity contribution in [1.29, 1.82) is 0 Å². The predicted octanol–water partition coefficient (Wildman–Crippen LogP) is 0.151. The highest BCUT2D eigenvalue weighted by atomic mass is 16.5. The average Bonchev–Trinajstić information content (AvgIpc) is 2.92. The van der Waals surface area contributed by atoms with E-state index in [-0.39, 0.29) is 18.0 Å². The minimum absolute atomic E-state index is 0.191. The van der Waals surface area contributed by atoms with Gasteiger partial charge in [-0.1, -0.05) is 0 Å². The maximum atomic E-state index is 12.1. The SMILES string of the molecule is C[C@H](C(=O)NC(N)=O)[NH+]1CCC[C@@H]1c1ccc2c(c1)OCCCO2. The van der Waals surface area contributed by atoms with Crippen LogP contribution < -0.4 is 25.4 Å². The fourth-order valence-electron chi connectivity index (χ4n) is 3.56. The van der Waals surface area contributed by atoms with Crippen LogP contribution in [0.5, 0.6) is 11.5 Å². The zero-order valence-corrected chi connectivity index (χ0v) is 13.8. The molecule has 2 heterocycles. The number of nitrogens with two attached hydrogens (primary N) is 1. The zero-order valence-electron chi connectivity index (χ0n) is 13.8. The number of hydrogen-bond acceptors (Lipinski definition) is 4. The summed E-state index contributed by atoms with van der Waals surface area (Å²) < 4.78 is 11.4. The third-order valence-electron chi connectivity index (χ3n) is 4.78. The Kier molecular flexibility index (Phi) is 4.89. The summed E-state index contributed by atoms with van der Waals surface area (Å²) in [4.78, 5) is 24.2. The zero-order chi connectivity index (χ0) is 17.1. The van der Waals surface area contributed by atoms with Crippen LogP contribution in [0.25, 0.3) is 0 Å². The van der Waals surface area contributed by atoms with Crippen molar-refractivity contribution in [1.82, 2.24) is 5.32 Å². The first-order valence-electron chi connectivity index (χ1n) is 8.41. The number of urea groups is 1. The number of primary amides is 1. The van der Waals surface area contributed by atoms with Crippen LogP contribution in [-0.4, -0.2) is 37.7 Å². The highest BCUT2D eigenvalue weighted by Crippen LogP contribution is 2.33. The molecule has 0 aliphatic carbocycles. The van der Waals surface area contributed by atoms with Crippen molar-refractivity contribution in [2.24, 2.45) is 5.73 Å². The van der Waals surface area contributed by atoms with Gasteiger partial charge in [0.25, 0.3) is 5.91 Å². The minimum atomic E-state index is -0.808. The maximum Gasteiger partial charge on any atom is 0.319 e. The fraction of sp³-hybridized carbons (Fsp3) is 0.529. The Bertz CT molecular complexity index is 634. The molecule has 7 nitrogen and oxygen atoms in total. The monoisotopic (exact) mass is 334 g/mol. The number of carbonyl (C=O) groups is 2. The standard InChI is InChI=1S/C17H23N3O4/c1-11(16(21)19-17(18)22)20-7-2-4-13(20)12-5-6-14-15(10-12)24-9-3-8-23-14/h5-6,10-11,13H,2-4,7-9H2,1H3,(H3,18,19,21,22)/p+1/t11-,13-/m1/s1.